The van der Waals surface area contributed by atoms with Gasteiger partial charge in [0.1, 0.15) is 17.0 Å². The first kappa shape index (κ1) is 28.1. The molecule has 0 bridgehead atoms. The van der Waals surface area contributed by atoms with Crippen LogP contribution in [0, 0.1) is 0 Å². The summed E-state index contributed by atoms with van der Waals surface area (Å²) in [4.78, 5) is 23.2. The number of aromatic amines is 1. The first-order valence-electron chi connectivity index (χ1n) is 13.7. The molecule has 1 amide bonds. The van der Waals surface area contributed by atoms with Crippen LogP contribution in [-0.2, 0) is 19.6 Å². The van der Waals surface area contributed by atoms with Crippen molar-refractivity contribution in [2.24, 2.45) is 0 Å². The van der Waals surface area contributed by atoms with Gasteiger partial charge in [-0.25, -0.2) is 9.78 Å². The Morgan fingerprint density at radius 2 is 1.72 bits per heavy atom. The average Bonchev–Trinajstić information content (AvgIpc) is 3.41. The molecule has 9 heteroatoms. The number of piperidine rings is 1. The van der Waals surface area contributed by atoms with Crippen LogP contribution in [0.2, 0.25) is 0 Å². The van der Waals surface area contributed by atoms with Crippen molar-refractivity contribution < 1.29 is 18.8 Å². The number of H-pyrrole nitrogens is 1. The number of imidazole rings is 1. The third kappa shape index (κ3) is 5.09. The SMILES string of the molecule is CC(C)(C)OC(=O)N1CCCC(S)[C@@]1(C)c1ncc(-c2ccc3cc(B4OC(C)(C)C(C)(C)O4)ccc3c2)[nH]1. The predicted octanol–water partition coefficient (Wildman–Crippen LogP) is 6.07. The number of hydrogen-bond acceptors (Lipinski definition) is 6. The molecule has 39 heavy (non-hydrogen) atoms. The molecule has 5 rings (SSSR count). The number of amides is 1. The molecular weight excluding hydrogens is 509 g/mol. The highest BCUT2D eigenvalue weighted by Crippen LogP contribution is 2.41. The van der Waals surface area contributed by atoms with Crippen LogP contribution in [0.1, 0.15) is 74.1 Å². The maximum Gasteiger partial charge on any atom is 0.494 e. The largest absolute Gasteiger partial charge is 0.494 e. The molecule has 0 aliphatic carbocycles. The molecule has 2 aromatic carbocycles. The number of nitrogens with zero attached hydrogens (tertiary/aromatic N) is 2. The van der Waals surface area contributed by atoms with Gasteiger partial charge in [0.15, 0.2) is 0 Å². The van der Waals surface area contributed by atoms with E-state index < -0.39 is 18.3 Å². The Balaban J connectivity index is 1.42. The summed E-state index contributed by atoms with van der Waals surface area (Å²) in [6, 6.07) is 12.6. The third-order valence-electron chi connectivity index (χ3n) is 8.44. The second kappa shape index (κ2) is 9.56. The Morgan fingerprint density at radius 3 is 2.38 bits per heavy atom. The maximum absolute atomic E-state index is 13.2. The molecule has 1 unspecified atom stereocenters. The minimum Gasteiger partial charge on any atom is -0.444 e. The van der Waals surface area contributed by atoms with E-state index in [9.17, 15) is 4.79 Å². The van der Waals surface area contributed by atoms with Crippen LogP contribution in [-0.4, -0.2) is 56.7 Å². The molecule has 0 radical (unpaired) electrons. The van der Waals surface area contributed by atoms with E-state index in [4.69, 9.17) is 31.7 Å². The smallest absolute Gasteiger partial charge is 0.444 e. The summed E-state index contributed by atoms with van der Waals surface area (Å²) in [5.74, 6) is 0.708. The zero-order valence-corrected chi connectivity index (χ0v) is 25.2. The van der Waals surface area contributed by atoms with Gasteiger partial charge in [-0.15, -0.1) is 0 Å². The number of aromatic nitrogens is 2. The van der Waals surface area contributed by atoms with E-state index in [1.54, 1.807) is 4.90 Å². The third-order valence-corrected chi connectivity index (χ3v) is 9.20. The molecular formula is C30H40BN3O4S. The van der Waals surface area contributed by atoms with Crippen LogP contribution < -0.4 is 5.46 Å². The van der Waals surface area contributed by atoms with E-state index in [1.807, 2.05) is 33.9 Å². The Kier molecular flexibility index (Phi) is 6.88. The van der Waals surface area contributed by atoms with E-state index in [0.717, 1.165) is 40.3 Å². The fourth-order valence-electron chi connectivity index (χ4n) is 5.30. The fraction of sp³-hybridized carbons (Fsp3) is 0.533. The number of thiol groups is 1. The maximum atomic E-state index is 13.2. The zero-order chi connectivity index (χ0) is 28.4. The quantitative estimate of drug-likeness (QED) is 0.306. The summed E-state index contributed by atoms with van der Waals surface area (Å²) in [5.41, 5.74) is 0.843. The van der Waals surface area contributed by atoms with Gasteiger partial charge in [0, 0.05) is 17.4 Å². The number of ether oxygens (including phenoxy) is 1. The summed E-state index contributed by atoms with van der Waals surface area (Å²) in [6.45, 7) is 16.5. The number of likely N-dealkylation sites (tertiary alicyclic amines) is 1. The number of nitrogens with one attached hydrogen (secondary N) is 1. The average molecular weight is 550 g/mol. The first-order chi connectivity index (χ1) is 18.1. The Hall–Kier alpha value is -2.49. The van der Waals surface area contributed by atoms with E-state index in [-0.39, 0.29) is 22.5 Å². The molecule has 3 heterocycles. The highest BCUT2D eigenvalue weighted by Gasteiger charge is 2.52. The summed E-state index contributed by atoms with van der Waals surface area (Å²) in [7, 11) is -0.396. The Labute approximate surface area is 237 Å². The van der Waals surface area contributed by atoms with Crippen molar-refractivity contribution in [2.75, 3.05) is 6.54 Å². The molecule has 2 aliphatic heterocycles. The number of carbonyl (C=O) groups is 1. The fourth-order valence-corrected chi connectivity index (χ4v) is 5.75. The second-order valence-electron chi connectivity index (χ2n) is 13.0. The van der Waals surface area contributed by atoms with E-state index in [0.29, 0.717) is 12.4 Å². The molecule has 2 aliphatic rings. The van der Waals surface area contributed by atoms with Crippen LogP contribution in [0.25, 0.3) is 22.0 Å². The lowest BCUT2D eigenvalue weighted by atomic mass is 9.78. The minimum absolute atomic E-state index is 0.0808. The number of carbonyl (C=O) groups excluding carboxylic acids is 1. The summed E-state index contributed by atoms with van der Waals surface area (Å²) in [5, 5.41) is 2.13. The summed E-state index contributed by atoms with van der Waals surface area (Å²) >= 11 is 4.90. The number of fused-ring (bicyclic) bond motifs is 1. The van der Waals surface area contributed by atoms with Gasteiger partial charge >= 0.3 is 13.2 Å². The Bertz CT molecular complexity index is 1380. The molecule has 0 saturated carbocycles. The van der Waals surface area contributed by atoms with Crippen LogP contribution >= 0.6 is 12.6 Å². The molecule has 208 valence electrons. The normalized spacial score (nSPS) is 24.8. The summed E-state index contributed by atoms with van der Waals surface area (Å²) < 4.78 is 18.2. The van der Waals surface area contributed by atoms with Crippen molar-refractivity contribution in [2.45, 2.75) is 95.8 Å². The van der Waals surface area contributed by atoms with Gasteiger partial charge in [-0.2, -0.15) is 12.6 Å². The lowest BCUT2D eigenvalue weighted by Crippen LogP contribution is -2.57. The van der Waals surface area contributed by atoms with Crippen LogP contribution in [0.3, 0.4) is 0 Å². The van der Waals surface area contributed by atoms with Gasteiger partial charge < -0.3 is 19.0 Å². The van der Waals surface area contributed by atoms with Crippen LogP contribution in [0.5, 0.6) is 0 Å². The van der Waals surface area contributed by atoms with Crippen molar-refractivity contribution in [3.63, 3.8) is 0 Å². The van der Waals surface area contributed by atoms with Crippen molar-refractivity contribution in [3.05, 3.63) is 48.4 Å². The highest BCUT2D eigenvalue weighted by atomic mass is 32.1. The number of hydrogen-bond donors (Lipinski definition) is 2. The van der Waals surface area contributed by atoms with Gasteiger partial charge in [0.05, 0.1) is 23.1 Å². The van der Waals surface area contributed by atoms with Crippen LogP contribution in [0.4, 0.5) is 4.79 Å². The molecule has 3 aromatic rings. The van der Waals surface area contributed by atoms with Gasteiger partial charge in [-0.3, -0.25) is 4.90 Å². The van der Waals surface area contributed by atoms with Crippen molar-refractivity contribution in [3.8, 4) is 11.3 Å². The molecule has 0 spiro atoms. The number of rotatable bonds is 3. The molecule has 1 N–H and O–H groups in total. The van der Waals surface area contributed by atoms with Crippen molar-refractivity contribution >= 4 is 42.1 Å². The topological polar surface area (TPSA) is 76.7 Å². The van der Waals surface area contributed by atoms with Crippen molar-refractivity contribution in [1.82, 2.24) is 14.9 Å². The van der Waals surface area contributed by atoms with Gasteiger partial charge in [-0.1, -0.05) is 30.3 Å². The zero-order valence-electron chi connectivity index (χ0n) is 24.3. The van der Waals surface area contributed by atoms with Crippen LogP contribution in [0.15, 0.2) is 42.6 Å². The van der Waals surface area contributed by atoms with Gasteiger partial charge in [0.25, 0.3) is 0 Å². The standard InChI is InChI=1S/C30H40BN3O4S/c1-27(2,3)36-26(35)34-15-9-10-24(39)30(34,8)25-32-18-23(33-25)21-12-11-20-17-22(14-13-19(20)16-21)31-37-28(4,5)29(6,7)38-31/h11-14,16-18,24,39H,9-10,15H2,1-8H3,(H,32,33)/t24?,30-/m0/s1. The van der Waals surface area contributed by atoms with Gasteiger partial charge in [0.2, 0.25) is 0 Å². The van der Waals surface area contributed by atoms with E-state index >= 15 is 0 Å². The first-order valence-corrected chi connectivity index (χ1v) is 14.3. The summed E-state index contributed by atoms with van der Waals surface area (Å²) in [6.07, 6.45) is 3.25. The molecule has 2 fully saturated rings. The van der Waals surface area contributed by atoms with Gasteiger partial charge in [-0.05, 0) is 90.5 Å². The molecule has 2 atom stereocenters. The highest BCUT2D eigenvalue weighted by molar-refractivity contribution is 7.81. The van der Waals surface area contributed by atoms with E-state index in [2.05, 4.69) is 69.1 Å². The Morgan fingerprint density at radius 1 is 1.08 bits per heavy atom. The van der Waals surface area contributed by atoms with E-state index in [1.165, 1.54) is 0 Å². The monoisotopic (exact) mass is 549 g/mol. The minimum atomic E-state index is -0.726. The van der Waals surface area contributed by atoms with Crippen molar-refractivity contribution in [1.29, 1.82) is 0 Å². The molecule has 1 aromatic heterocycles. The number of benzene rings is 2. The second-order valence-corrected chi connectivity index (χ2v) is 13.6. The predicted molar refractivity (Wildman–Crippen MR) is 160 cm³/mol. The lowest BCUT2D eigenvalue weighted by Gasteiger charge is -2.47. The molecule has 7 nitrogen and oxygen atoms in total. The lowest BCUT2D eigenvalue weighted by molar-refractivity contribution is -0.0124. The molecule has 2 saturated heterocycles.